The molecule has 0 aliphatic carbocycles. The molecule has 8 nitrogen and oxygen atoms in total. The van der Waals surface area contributed by atoms with Crippen LogP contribution in [0.4, 0.5) is 0 Å². The molecule has 0 atom stereocenters. The van der Waals surface area contributed by atoms with Crippen molar-refractivity contribution in [1.29, 1.82) is 0 Å². The minimum atomic E-state index is -1.11. The van der Waals surface area contributed by atoms with E-state index < -0.39 is 12.6 Å². The number of hydrogen-bond donors (Lipinski definition) is 1. The predicted octanol–water partition coefficient (Wildman–Crippen LogP) is 2.58. The molecule has 2 aromatic heterocycles. The zero-order valence-corrected chi connectivity index (χ0v) is 15.9. The summed E-state index contributed by atoms with van der Waals surface area (Å²) in [5.41, 5.74) is 4.25. The van der Waals surface area contributed by atoms with Crippen molar-refractivity contribution in [1.82, 2.24) is 19.7 Å². The van der Waals surface area contributed by atoms with Crippen LogP contribution in [0.25, 0.3) is 11.1 Å². The number of carbonyl (C=O) groups excluding carboxylic acids is 1. The molecule has 148 valence electrons. The van der Waals surface area contributed by atoms with Gasteiger partial charge < -0.3 is 14.7 Å². The normalized spacial score (nSPS) is 12.9. The molecule has 0 fully saturated rings. The molecule has 3 aromatic rings. The molecule has 1 N–H and O–H groups in total. The summed E-state index contributed by atoms with van der Waals surface area (Å²) in [5.74, 6) is -1.25. The molecule has 0 saturated heterocycles. The fraction of sp³-hybridized carbons (Fsp3) is 0.238. The van der Waals surface area contributed by atoms with Crippen LogP contribution in [0.1, 0.15) is 28.4 Å². The Balaban J connectivity index is 1.48. The van der Waals surface area contributed by atoms with Crippen molar-refractivity contribution < 1.29 is 19.4 Å². The molecule has 1 amide bonds. The molecule has 1 aliphatic rings. The SMILES string of the molecule is CCn1cc(-c2ccc(CN3Cc4ccnc(OCC(=O)O)c4C3=O)cc2)cn1. The third kappa shape index (κ3) is 3.82. The monoisotopic (exact) mass is 392 g/mol. The lowest BCUT2D eigenvalue weighted by atomic mass is 10.1. The highest BCUT2D eigenvalue weighted by molar-refractivity contribution is 6.00. The van der Waals surface area contributed by atoms with Crippen LogP contribution in [0.3, 0.4) is 0 Å². The van der Waals surface area contributed by atoms with Crippen LogP contribution in [0.5, 0.6) is 5.88 Å². The van der Waals surface area contributed by atoms with Gasteiger partial charge in [0, 0.05) is 37.6 Å². The topological polar surface area (TPSA) is 97.5 Å². The van der Waals surface area contributed by atoms with Crippen molar-refractivity contribution in [3.8, 4) is 17.0 Å². The first kappa shape index (κ1) is 18.7. The molecule has 1 aromatic carbocycles. The van der Waals surface area contributed by atoms with Gasteiger partial charge in [0.25, 0.3) is 5.91 Å². The fourth-order valence-corrected chi connectivity index (χ4v) is 3.35. The number of carboxylic acids is 1. The average Bonchev–Trinajstić information content (AvgIpc) is 3.32. The van der Waals surface area contributed by atoms with E-state index in [-0.39, 0.29) is 11.8 Å². The molecule has 0 radical (unpaired) electrons. The van der Waals surface area contributed by atoms with Gasteiger partial charge in [0.05, 0.1) is 6.20 Å². The summed E-state index contributed by atoms with van der Waals surface area (Å²) < 4.78 is 7.07. The first-order valence-electron chi connectivity index (χ1n) is 9.28. The molecule has 0 saturated carbocycles. The number of fused-ring (bicyclic) bond motifs is 1. The molecule has 0 unspecified atom stereocenters. The fourth-order valence-electron chi connectivity index (χ4n) is 3.35. The molecule has 8 heteroatoms. The third-order valence-electron chi connectivity index (χ3n) is 4.82. The lowest BCUT2D eigenvalue weighted by Gasteiger charge is -2.16. The van der Waals surface area contributed by atoms with Gasteiger partial charge in [-0.1, -0.05) is 24.3 Å². The molecular formula is C21H20N4O4. The van der Waals surface area contributed by atoms with Gasteiger partial charge in [-0.3, -0.25) is 9.48 Å². The molecule has 3 heterocycles. The minimum Gasteiger partial charge on any atom is -0.479 e. The second-order valence-electron chi connectivity index (χ2n) is 6.78. The molecular weight excluding hydrogens is 372 g/mol. The number of aliphatic carboxylic acids is 1. The van der Waals surface area contributed by atoms with Gasteiger partial charge in [-0.05, 0) is 29.7 Å². The number of nitrogens with zero attached hydrogens (tertiary/aromatic N) is 4. The van der Waals surface area contributed by atoms with E-state index in [2.05, 4.69) is 10.1 Å². The molecule has 1 aliphatic heterocycles. The Bertz CT molecular complexity index is 1060. The lowest BCUT2D eigenvalue weighted by molar-refractivity contribution is -0.139. The number of rotatable bonds is 7. The first-order chi connectivity index (χ1) is 14.0. The van der Waals surface area contributed by atoms with Crippen LogP contribution in [0.2, 0.25) is 0 Å². The third-order valence-corrected chi connectivity index (χ3v) is 4.82. The van der Waals surface area contributed by atoms with Gasteiger partial charge in [-0.2, -0.15) is 5.10 Å². The maximum absolute atomic E-state index is 12.8. The molecule has 4 rings (SSSR count). The zero-order chi connectivity index (χ0) is 20.4. The molecule has 29 heavy (non-hydrogen) atoms. The van der Waals surface area contributed by atoms with E-state index in [1.807, 2.05) is 48.3 Å². The van der Waals surface area contributed by atoms with Gasteiger partial charge in [0.15, 0.2) is 6.61 Å². The molecule has 0 spiro atoms. The maximum atomic E-state index is 12.8. The highest BCUT2D eigenvalue weighted by Gasteiger charge is 2.31. The Labute approximate surface area is 167 Å². The summed E-state index contributed by atoms with van der Waals surface area (Å²) in [6.07, 6.45) is 5.37. The summed E-state index contributed by atoms with van der Waals surface area (Å²) in [4.78, 5) is 29.3. The number of carbonyl (C=O) groups is 2. The van der Waals surface area contributed by atoms with Crippen molar-refractivity contribution in [3.05, 3.63) is 65.6 Å². The van der Waals surface area contributed by atoms with E-state index >= 15 is 0 Å². The van der Waals surface area contributed by atoms with E-state index in [4.69, 9.17) is 9.84 Å². The van der Waals surface area contributed by atoms with Gasteiger partial charge in [-0.25, -0.2) is 9.78 Å². The summed E-state index contributed by atoms with van der Waals surface area (Å²) in [6, 6.07) is 9.78. The molecule has 0 bridgehead atoms. The Morgan fingerprint density at radius 1 is 1.21 bits per heavy atom. The highest BCUT2D eigenvalue weighted by atomic mass is 16.5. The highest BCUT2D eigenvalue weighted by Crippen LogP contribution is 2.30. The number of ether oxygens (including phenoxy) is 1. The van der Waals surface area contributed by atoms with Gasteiger partial charge in [0.1, 0.15) is 5.56 Å². The van der Waals surface area contributed by atoms with Crippen molar-refractivity contribution >= 4 is 11.9 Å². The summed E-state index contributed by atoms with van der Waals surface area (Å²) >= 11 is 0. The van der Waals surface area contributed by atoms with Crippen LogP contribution in [-0.2, 0) is 24.4 Å². The number of amides is 1. The number of benzene rings is 1. The lowest BCUT2D eigenvalue weighted by Crippen LogP contribution is -2.23. The van der Waals surface area contributed by atoms with Crippen LogP contribution in [0, 0.1) is 0 Å². The maximum Gasteiger partial charge on any atom is 0.341 e. The van der Waals surface area contributed by atoms with Crippen LogP contribution in [0.15, 0.2) is 48.9 Å². The Morgan fingerprint density at radius 2 is 2.00 bits per heavy atom. The smallest absolute Gasteiger partial charge is 0.341 e. The number of aryl methyl sites for hydroxylation is 1. The van der Waals surface area contributed by atoms with Crippen molar-refractivity contribution in [2.24, 2.45) is 0 Å². The summed E-state index contributed by atoms with van der Waals surface area (Å²) in [7, 11) is 0. The van der Waals surface area contributed by atoms with E-state index in [1.165, 1.54) is 6.20 Å². The summed E-state index contributed by atoms with van der Waals surface area (Å²) in [5, 5.41) is 13.1. The van der Waals surface area contributed by atoms with Crippen LogP contribution < -0.4 is 4.74 Å². The van der Waals surface area contributed by atoms with Crippen LogP contribution >= 0.6 is 0 Å². The zero-order valence-electron chi connectivity index (χ0n) is 15.9. The van der Waals surface area contributed by atoms with E-state index in [0.29, 0.717) is 18.7 Å². The first-order valence-corrected chi connectivity index (χ1v) is 9.28. The second kappa shape index (κ2) is 7.75. The Kier molecular flexibility index (Phi) is 4.99. The standard InChI is InChI=1S/C21H20N4O4/c1-2-25-12-17(9-23-25)15-5-3-14(4-6-15)10-24-11-16-7-8-22-20(19(16)21(24)28)29-13-18(26)27/h3-9,12H,2,10-11,13H2,1H3,(H,26,27). The Morgan fingerprint density at radius 3 is 2.69 bits per heavy atom. The van der Waals surface area contributed by atoms with Crippen molar-refractivity contribution in [2.45, 2.75) is 26.6 Å². The van der Waals surface area contributed by atoms with Gasteiger partial charge >= 0.3 is 5.97 Å². The van der Waals surface area contributed by atoms with E-state index in [1.54, 1.807) is 11.0 Å². The number of hydrogen-bond acceptors (Lipinski definition) is 5. The number of carboxylic acid groups (broad SMARTS) is 1. The largest absolute Gasteiger partial charge is 0.479 e. The Hall–Kier alpha value is -3.68. The van der Waals surface area contributed by atoms with Gasteiger partial charge in [-0.15, -0.1) is 0 Å². The quantitative estimate of drug-likeness (QED) is 0.664. The van der Waals surface area contributed by atoms with Crippen molar-refractivity contribution in [3.63, 3.8) is 0 Å². The number of aromatic nitrogens is 3. The predicted molar refractivity (Wildman–Crippen MR) is 104 cm³/mol. The van der Waals surface area contributed by atoms with E-state index in [0.717, 1.165) is 28.8 Å². The van der Waals surface area contributed by atoms with Crippen molar-refractivity contribution in [2.75, 3.05) is 6.61 Å². The van der Waals surface area contributed by atoms with Gasteiger partial charge in [0.2, 0.25) is 5.88 Å². The van der Waals surface area contributed by atoms with E-state index in [9.17, 15) is 9.59 Å². The summed E-state index contributed by atoms with van der Waals surface area (Å²) in [6.45, 7) is 3.21. The minimum absolute atomic E-state index is 0.0701. The number of pyridine rings is 1. The van der Waals surface area contributed by atoms with Crippen LogP contribution in [-0.4, -0.2) is 43.3 Å². The average molecular weight is 392 g/mol. The second-order valence-corrected chi connectivity index (χ2v) is 6.78.